The fourth-order valence-electron chi connectivity index (χ4n) is 2.99. The van der Waals surface area contributed by atoms with Crippen LogP contribution >= 0.6 is 0 Å². The molecule has 0 N–H and O–H groups in total. The lowest BCUT2D eigenvalue weighted by atomic mass is 10.0. The number of rotatable bonds is 3. The van der Waals surface area contributed by atoms with Crippen molar-refractivity contribution in [2.45, 2.75) is 25.3 Å². The predicted octanol–water partition coefficient (Wildman–Crippen LogP) is 3.77. The van der Waals surface area contributed by atoms with E-state index in [2.05, 4.69) is 53.4 Å². The van der Waals surface area contributed by atoms with Crippen molar-refractivity contribution >= 4 is 5.69 Å². The van der Waals surface area contributed by atoms with Crippen LogP contribution in [0.1, 0.15) is 24.0 Å². The van der Waals surface area contributed by atoms with E-state index in [0.717, 1.165) is 18.5 Å². The van der Waals surface area contributed by atoms with Crippen molar-refractivity contribution in [3.05, 3.63) is 65.7 Å². The topological polar surface area (TPSA) is 27.0 Å². The van der Waals surface area contributed by atoms with Crippen LogP contribution in [-0.2, 0) is 6.42 Å². The highest BCUT2D eigenvalue weighted by molar-refractivity contribution is 5.48. The van der Waals surface area contributed by atoms with Gasteiger partial charge in [-0.1, -0.05) is 30.3 Å². The summed E-state index contributed by atoms with van der Waals surface area (Å²) in [5, 5.41) is 8.85. The highest BCUT2D eigenvalue weighted by atomic mass is 15.2. The van der Waals surface area contributed by atoms with Crippen molar-refractivity contribution < 1.29 is 0 Å². The van der Waals surface area contributed by atoms with Gasteiger partial charge in [-0.15, -0.1) is 0 Å². The number of benzene rings is 2. The minimum Gasteiger partial charge on any atom is -0.368 e. The highest BCUT2D eigenvalue weighted by Crippen LogP contribution is 2.27. The molecule has 20 heavy (non-hydrogen) atoms. The van der Waals surface area contributed by atoms with E-state index in [4.69, 9.17) is 5.26 Å². The van der Waals surface area contributed by atoms with Crippen molar-refractivity contribution in [2.75, 3.05) is 11.4 Å². The van der Waals surface area contributed by atoms with Gasteiger partial charge >= 0.3 is 0 Å². The van der Waals surface area contributed by atoms with E-state index in [9.17, 15) is 0 Å². The second-order valence-corrected chi connectivity index (χ2v) is 5.34. The molecule has 2 aromatic carbocycles. The van der Waals surface area contributed by atoms with Crippen LogP contribution in [0.4, 0.5) is 5.69 Å². The van der Waals surface area contributed by atoms with E-state index in [0.29, 0.717) is 6.04 Å². The van der Waals surface area contributed by atoms with Crippen molar-refractivity contribution in [1.82, 2.24) is 0 Å². The van der Waals surface area contributed by atoms with Crippen LogP contribution in [0.2, 0.25) is 0 Å². The summed E-state index contributed by atoms with van der Waals surface area (Å²) in [6.45, 7) is 1.14. The van der Waals surface area contributed by atoms with Gasteiger partial charge < -0.3 is 4.90 Å². The summed E-state index contributed by atoms with van der Waals surface area (Å²) in [5.74, 6) is 0. The number of hydrogen-bond acceptors (Lipinski definition) is 2. The first-order chi connectivity index (χ1) is 9.86. The maximum Gasteiger partial charge on any atom is 0.0991 e. The number of para-hydroxylation sites is 1. The zero-order valence-corrected chi connectivity index (χ0v) is 11.5. The van der Waals surface area contributed by atoms with Crippen molar-refractivity contribution in [1.29, 1.82) is 5.26 Å². The lowest BCUT2D eigenvalue weighted by Gasteiger charge is -2.27. The van der Waals surface area contributed by atoms with Gasteiger partial charge in [0.05, 0.1) is 11.6 Å². The molecule has 2 nitrogen and oxygen atoms in total. The van der Waals surface area contributed by atoms with E-state index in [1.807, 2.05) is 12.1 Å². The first-order valence-corrected chi connectivity index (χ1v) is 7.17. The Morgan fingerprint density at radius 1 is 1.05 bits per heavy atom. The maximum absolute atomic E-state index is 8.85. The first-order valence-electron chi connectivity index (χ1n) is 7.17. The largest absolute Gasteiger partial charge is 0.368 e. The molecule has 100 valence electrons. The molecular weight excluding hydrogens is 244 g/mol. The van der Waals surface area contributed by atoms with Crippen molar-refractivity contribution in [3.63, 3.8) is 0 Å². The molecule has 0 bridgehead atoms. The van der Waals surface area contributed by atoms with E-state index in [1.54, 1.807) is 0 Å². The summed E-state index contributed by atoms with van der Waals surface area (Å²) in [6, 6.07) is 21.4. The Morgan fingerprint density at radius 2 is 1.80 bits per heavy atom. The van der Waals surface area contributed by atoms with Gasteiger partial charge in [-0.3, -0.25) is 0 Å². The third kappa shape index (κ3) is 2.67. The summed E-state index contributed by atoms with van der Waals surface area (Å²) >= 11 is 0. The quantitative estimate of drug-likeness (QED) is 0.842. The summed E-state index contributed by atoms with van der Waals surface area (Å²) < 4.78 is 0. The smallest absolute Gasteiger partial charge is 0.0991 e. The zero-order valence-electron chi connectivity index (χ0n) is 11.5. The standard InChI is InChI=1S/C18H18N2/c19-14-16-10-8-15(9-11-16)13-18-7-4-12-20(18)17-5-2-1-3-6-17/h1-3,5-6,8-11,18H,4,7,12-13H2/t18-/m1/s1. The third-order valence-electron chi connectivity index (χ3n) is 4.02. The number of nitriles is 1. The van der Waals surface area contributed by atoms with Gasteiger partial charge in [0.2, 0.25) is 0 Å². The van der Waals surface area contributed by atoms with E-state index < -0.39 is 0 Å². The molecule has 1 fully saturated rings. The average molecular weight is 262 g/mol. The third-order valence-corrected chi connectivity index (χ3v) is 4.02. The van der Waals surface area contributed by atoms with Crippen LogP contribution in [0.3, 0.4) is 0 Å². The fourth-order valence-corrected chi connectivity index (χ4v) is 2.99. The van der Waals surface area contributed by atoms with Crippen LogP contribution in [0.5, 0.6) is 0 Å². The number of nitrogens with zero attached hydrogens (tertiary/aromatic N) is 2. The van der Waals surface area contributed by atoms with Gasteiger partial charge in [0, 0.05) is 18.3 Å². The lowest BCUT2D eigenvalue weighted by Crippen LogP contribution is -2.30. The van der Waals surface area contributed by atoms with E-state index in [-0.39, 0.29) is 0 Å². The second kappa shape index (κ2) is 5.79. The Bertz CT molecular complexity index is 596. The molecule has 1 aliphatic rings. The van der Waals surface area contributed by atoms with Gasteiger partial charge in [0.1, 0.15) is 0 Å². The molecule has 1 heterocycles. The minimum atomic E-state index is 0.574. The Morgan fingerprint density at radius 3 is 2.50 bits per heavy atom. The normalized spacial score (nSPS) is 17.9. The SMILES string of the molecule is N#Cc1ccc(C[C@H]2CCCN2c2ccccc2)cc1. The number of hydrogen-bond donors (Lipinski definition) is 0. The number of anilines is 1. The Hall–Kier alpha value is -2.27. The van der Waals surface area contributed by atoms with Crippen LogP contribution in [-0.4, -0.2) is 12.6 Å². The summed E-state index contributed by atoms with van der Waals surface area (Å²) in [5.41, 5.74) is 3.38. The molecular formula is C18H18N2. The van der Waals surface area contributed by atoms with Gasteiger partial charge in [-0.05, 0) is 49.1 Å². The molecule has 0 spiro atoms. The molecule has 0 aromatic heterocycles. The van der Waals surface area contributed by atoms with Gasteiger partial charge in [-0.2, -0.15) is 5.26 Å². The lowest BCUT2D eigenvalue weighted by molar-refractivity contribution is 0.663. The van der Waals surface area contributed by atoms with Crippen LogP contribution in [0, 0.1) is 11.3 Å². The summed E-state index contributed by atoms with van der Waals surface area (Å²) in [7, 11) is 0. The maximum atomic E-state index is 8.85. The summed E-state index contributed by atoms with van der Waals surface area (Å²) in [6.07, 6.45) is 3.56. The molecule has 3 rings (SSSR count). The predicted molar refractivity (Wildman–Crippen MR) is 81.7 cm³/mol. The van der Waals surface area contributed by atoms with Gasteiger partial charge in [0.25, 0.3) is 0 Å². The monoisotopic (exact) mass is 262 g/mol. The highest BCUT2D eigenvalue weighted by Gasteiger charge is 2.24. The van der Waals surface area contributed by atoms with Crippen molar-refractivity contribution in [2.24, 2.45) is 0 Å². The van der Waals surface area contributed by atoms with Gasteiger partial charge in [-0.25, -0.2) is 0 Å². The molecule has 1 atom stereocenters. The second-order valence-electron chi connectivity index (χ2n) is 5.34. The van der Waals surface area contributed by atoms with Crippen LogP contribution in [0.25, 0.3) is 0 Å². The molecule has 0 aliphatic carbocycles. The van der Waals surface area contributed by atoms with Crippen LogP contribution < -0.4 is 4.90 Å². The fraction of sp³-hybridized carbons (Fsp3) is 0.278. The van der Waals surface area contributed by atoms with E-state index >= 15 is 0 Å². The first kappa shape index (κ1) is 12.7. The molecule has 1 saturated heterocycles. The minimum absolute atomic E-state index is 0.574. The van der Waals surface area contributed by atoms with E-state index in [1.165, 1.54) is 24.1 Å². The summed E-state index contributed by atoms with van der Waals surface area (Å²) in [4.78, 5) is 2.51. The van der Waals surface area contributed by atoms with Crippen LogP contribution in [0.15, 0.2) is 54.6 Å². The molecule has 0 amide bonds. The van der Waals surface area contributed by atoms with Crippen molar-refractivity contribution in [3.8, 4) is 6.07 Å². The Balaban J connectivity index is 1.74. The van der Waals surface area contributed by atoms with Gasteiger partial charge in [0.15, 0.2) is 0 Å². The molecule has 0 radical (unpaired) electrons. The molecule has 0 unspecified atom stereocenters. The Labute approximate surface area is 120 Å². The molecule has 2 heteroatoms. The molecule has 0 saturated carbocycles. The molecule has 1 aliphatic heterocycles. The molecule has 2 aromatic rings. The average Bonchev–Trinajstić information content (AvgIpc) is 2.97. The zero-order chi connectivity index (χ0) is 13.8. The Kier molecular flexibility index (Phi) is 3.69.